The van der Waals surface area contributed by atoms with Gasteiger partial charge in [-0.2, -0.15) is 5.10 Å². The van der Waals surface area contributed by atoms with Gasteiger partial charge in [0.15, 0.2) is 0 Å². The van der Waals surface area contributed by atoms with Crippen molar-refractivity contribution in [3.05, 3.63) is 47.3 Å². The average Bonchev–Trinajstić information content (AvgIpc) is 2.81. The number of benzene rings is 1. The number of H-pyrrole nitrogens is 1. The van der Waals surface area contributed by atoms with Gasteiger partial charge in [-0.1, -0.05) is 12.1 Å². The second-order valence-corrected chi connectivity index (χ2v) is 4.70. The van der Waals surface area contributed by atoms with Crippen LogP contribution in [0, 0.1) is 6.92 Å². The predicted octanol–water partition coefficient (Wildman–Crippen LogP) is 2.84. The van der Waals surface area contributed by atoms with Crippen molar-refractivity contribution in [3.63, 3.8) is 0 Å². The van der Waals surface area contributed by atoms with Crippen LogP contribution in [0.25, 0.3) is 0 Å². The van der Waals surface area contributed by atoms with Gasteiger partial charge in [0.1, 0.15) is 5.75 Å². The second kappa shape index (κ2) is 5.23. The van der Waals surface area contributed by atoms with Crippen LogP contribution < -0.4 is 5.32 Å². The van der Waals surface area contributed by atoms with Gasteiger partial charge < -0.3 is 10.4 Å². The molecule has 96 valence electrons. The quantitative estimate of drug-likeness (QED) is 0.776. The number of rotatable bonds is 4. The summed E-state index contributed by atoms with van der Waals surface area (Å²) in [6.07, 6.45) is 3.68. The SMILES string of the molecule is Cc1ccc(C(C)NC(C)c2cn[nH]c2)c(O)c1. The van der Waals surface area contributed by atoms with Crippen molar-refractivity contribution in [3.8, 4) is 5.75 Å². The van der Waals surface area contributed by atoms with Crippen molar-refractivity contribution in [2.75, 3.05) is 0 Å². The van der Waals surface area contributed by atoms with E-state index in [0.717, 1.165) is 16.7 Å². The lowest BCUT2D eigenvalue weighted by Gasteiger charge is -2.20. The third-order valence-corrected chi connectivity index (χ3v) is 3.17. The number of hydrogen-bond acceptors (Lipinski definition) is 3. The minimum Gasteiger partial charge on any atom is -0.508 e. The molecule has 0 aliphatic carbocycles. The van der Waals surface area contributed by atoms with Gasteiger partial charge in [0.2, 0.25) is 0 Å². The lowest BCUT2D eigenvalue weighted by Crippen LogP contribution is -2.22. The van der Waals surface area contributed by atoms with Gasteiger partial charge in [-0.25, -0.2) is 0 Å². The Morgan fingerprint density at radius 2 is 2.06 bits per heavy atom. The van der Waals surface area contributed by atoms with Crippen LogP contribution in [-0.2, 0) is 0 Å². The van der Waals surface area contributed by atoms with Gasteiger partial charge in [-0.15, -0.1) is 0 Å². The minimum absolute atomic E-state index is 0.0792. The first-order valence-corrected chi connectivity index (χ1v) is 6.12. The maximum Gasteiger partial charge on any atom is 0.120 e. The Morgan fingerprint density at radius 1 is 1.28 bits per heavy atom. The zero-order valence-corrected chi connectivity index (χ0v) is 10.9. The summed E-state index contributed by atoms with van der Waals surface area (Å²) in [6, 6.07) is 6.02. The number of phenols is 1. The summed E-state index contributed by atoms with van der Waals surface area (Å²) in [7, 11) is 0. The Kier molecular flexibility index (Phi) is 3.67. The number of aromatic hydroxyl groups is 1. The molecule has 2 atom stereocenters. The highest BCUT2D eigenvalue weighted by molar-refractivity contribution is 5.38. The molecule has 2 aromatic rings. The molecule has 4 heteroatoms. The van der Waals surface area contributed by atoms with Gasteiger partial charge in [0, 0.05) is 29.4 Å². The van der Waals surface area contributed by atoms with Crippen LogP contribution in [0.5, 0.6) is 5.75 Å². The molecular weight excluding hydrogens is 226 g/mol. The number of nitrogens with one attached hydrogen (secondary N) is 2. The second-order valence-electron chi connectivity index (χ2n) is 4.70. The van der Waals surface area contributed by atoms with Gasteiger partial charge in [0.25, 0.3) is 0 Å². The van der Waals surface area contributed by atoms with E-state index in [0.29, 0.717) is 5.75 Å². The van der Waals surface area contributed by atoms with Crippen molar-refractivity contribution in [2.24, 2.45) is 0 Å². The fraction of sp³-hybridized carbons (Fsp3) is 0.357. The minimum atomic E-state index is 0.0792. The average molecular weight is 245 g/mol. The molecule has 4 nitrogen and oxygen atoms in total. The Labute approximate surface area is 107 Å². The lowest BCUT2D eigenvalue weighted by molar-refractivity contribution is 0.438. The fourth-order valence-electron chi connectivity index (χ4n) is 2.08. The van der Waals surface area contributed by atoms with E-state index in [1.54, 1.807) is 12.3 Å². The Morgan fingerprint density at radius 3 is 2.67 bits per heavy atom. The molecule has 0 aliphatic rings. The summed E-state index contributed by atoms with van der Waals surface area (Å²) < 4.78 is 0. The summed E-state index contributed by atoms with van der Waals surface area (Å²) >= 11 is 0. The van der Waals surface area contributed by atoms with E-state index in [2.05, 4.69) is 22.4 Å². The molecule has 0 fully saturated rings. The molecule has 1 aromatic heterocycles. The number of nitrogens with zero attached hydrogens (tertiary/aromatic N) is 1. The lowest BCUT2D eigenvalue weighted by atomic mass is 10.0. The van der Waals surface area contributed by atoms with Crippen LogP contribution >= 0.6 is 0 Å². The monoisotopic (exact) mass is 245 g/mol. The maximum atomic E-state index is 9.95. The van der Waals surface area contributed by atoms with Crippen LogP contribution in [0.2, 0.25) is 0 Å². The van der Waals surface area contributed by atoms with Crippen LogP contribution in [-0.4, -0.2) is 15.3 Å². The van der Waals surface area contributed by atoms with Crippen LogP contribution in [0.15, 0.2) is 30.6 Å². The molecule has 1 heterocycles. The smallest absolute Gasteiger partial charge is 0.120 e. The van der Waals surface area contributed by atoms with Crippen molar-refractivity contribution in [2.45, 2.75) is 32.9 Å². The molecular formula is C14H19N3O. The molecule has 0 aliphatic heterocycles. The number of aromatic amines is 1. The van der Waals surface area contributed by atoms with E-state index in [1.807, 2.05) is 32.2 Å². The van der Waals surface area contributed by atoms with Crippen LogP contribution in [0.1, 0.15) is 42.6 Å². The summed E-state index contributed by atoms with van der Waals surface area (Å²) in [5, 5.41) is 20.1. The highest BCUT2D eigenvalue weighted by Crippen LogP contribution is 2.26. The van der Waals surface area contributed by atoms with E-state index in [4.69, 9.17) is 0 Å². The van der Waals surface area contributed by atoms with E-state index in [1.165, 1.54) is 0 Å². The molecule has 0 saturated heterocycles. The highest BCUT2D eigenvalue weighted by Gasteiger charge is 2.14. The van der Waals surface area contributed by atoms with Gasteiger partial charge in [-0.05, 0) is 32.4 Å². The molecule has 18 heavy (non-hydrogen) atoms. The van der Waals surface area contributed by atoms with Crippen LogP contribution in [0.4, 0.5) is 0 Å². The molecule has 3 N–H and O–H groups in total. The fourth-order valence-corrected chi connectivity index (χ4v) is 2.08. The molecule has 0 amide bonds. The zero-order chi connectivity index (χ0) is 13.1. The summed E-state index contributed by atoms with van der Waals surface area (Å²) in [6.45, 7) is 6.09. The third kappa shape index (κ3) is 2.71. The first kappa shape index (κ1) is 12.6. The van der Waals surface area contributed by atoms with Crippen molar-refractivity contribution in [1.29, 1.82) is 0 Å². The van der Waals surface area contributed by atoms with Crippen LogP contribution in [0.3, 0.4) is 0 Å². The normalized spacial score (nSPS) is 14.4. The molecule has 1 aromatic carbocycles. The van der Waals surface area contributed by atoms with Crippen molar-refractivity contribution < 1.29 is 5.11 Å². The predicted molar refractivity (Wildman–Crippen MR) is 71.4 cm³/mol. The first-order chi connectivity index (χ1) is 8.58. The number of aromatic nitrogens is 2. The van der Waals surface area contributed by atoms with Crippen molar-refractivity contribution >= 4 is 0 Å². The number of phenolic OH excluding ortho intramolecular Hbond substituents is 1. The third-order valence-electron chi connectivity index (χ3n) is 3.17. The maximum absolute atomic E-state index is 9.95. The van der Waals surface area contributed by atoms with Gasteiger partial charge >= 0.3 is 0 Å². The standard InChI is InChI=1S/C14H19N3O/c1-9-4-5-13(14(18)6-9)11(3)17-10(2)12-7-15-16-8-12/h4-8,10-11,17-18H,1-3H3,(H,15,16). The van der Waals surface area contributed by atoms with E-state index in [9.17, 15) is 5.11 Å². The Bertz CT molecular complexity index is 508. The van der Waals surface area contributed by atoms with E-state index in [-0.39, 0.29) is 12.1 Å². The number of hydrogen-bond donors (Lipinski definition) is 3. The summed E-state index contributed by atoms with van der Waals surface area (Å²) in [5.74, 6) is 0.342. The Hall–Kier alpha value is -1.81. The first-order valence-electron chi connectivity index (χ1n) is 6.12. The van der Waals surface area contributed by atoms with Gasteiger partial charge in [-0.3, -0.25) is 5.10 Å². The highest BCUT2D eigenvalue weighted by atomic mass is 16.3. The largest absolute Gasteiger partial charge is 0.508 e. The molecule has 2 unspecified atom stereocenters. The summed E-state index contributed by atoms with van der Waals surface area (Å²) in [4.78, 5) is 0. The van der Waals surface area contributed by atoms with Gasteiger partial charge in [0.05, 0.1) is 6.20 Å². The molecule has 2 rings (SSSR count). The van der Waals surface area contributed by atoms with E-state index >= 15 is 0 Å². The Balaban J connectivity index is 2.10. The molecule has 0 spiro atoms. The molecule has 0 radical (unpaired) electrons. The van der Waals surface area contributed by atoms with E-state index < -0.39 is 0 Å². The zero-order valence-electron chi connectivity index (χ0n) is 10.9. The van der Waals surface area contributed by atoms with Crippen molar-refractivity contribution in [1.82, 2.24) is 15.5 Å². The number of aryl methyl sites for hydroxylation is 1. The molecule has 0 bridgehead atoms. The molecule has 0 saturated carbocycles. The summed E-state index contributed by atoms with van der Waals surface area (Å²) in [5.41, 5.74) is 3.08. The topological polar surface area (TPSA) is 60.9 Å².